The van der Waals surface area contributed by atoms with E-state index in [0.717, 1.165) is 27.0 Å². The van der Waals surface area contributed by atoms with Gasteiger partial charge in [0, 0.05) is 31.3 Å². The number of hydrogen-bond acceptors (Lipinski definition) is 5. The number of ether oxygens (including phenoxy) is 2. The number of methoxy groups -OCH3 is 2. The van der Waals surface area contributed by atoms with Gasteiger partial charge in [-0.2, -0.15) is 0 Å². The minimum Gasteiger partial charge on any atom is -0.497 e. The van der Waals surface area contributed by atoms with E-state index in [1.54, 1.807) is 25.6 Å². The Labute approximate surface area is 139 Å². The fourth-order valence-electron chi connectivity index (χ4n) is 2.45. The maximum atomic E-state index is 5.28. The predicted octanol–water partition coefficient (Wildman–Crippen LogP) is 3.89. The molecule has 23 heavy (non-hydrogen) atoms. The largest absolute Gasteiger partial charge is 0.497 e. The quantitative estimate of drug-likeness (QED) is 0.688. The molecule has 1 atom stereocenters. The van der Waals surface area contributed by atoms with Gasteiger partial charge < -0.3 is 14.0 Å². The molecular formula is C17H19N3O2S. The highest BCUT2D eigenvalue weighted by atomic mass is 32.1. The molecule has 1 aromatic carbocycles. The van der Waals surface area contributed by atoms with Crippen molar-refractivity contribution in [2.24, 2.45) is 0 Å². The highest BCUT2D eigenvalue weighted by molar-refractivity contribution is 7.18. The van der Waals surface area contributed by atoms with Crippen LogP contribution in [-0.4, -0.2) is 35.4 Å². The normalized spacial score (nSPS) is 12.3. The molecule has 2 aromatic heterocycles. The van der Waals surface area contributed by atoms with E-state index in [1.807, 2.05) is 42.9 Å². The summed E-state index contributed by atoms with van der Waals surface area (Å²) in [5.74, 6) is 1.75. The van der Waals surface area contributed by atoms with Crippen molar-refractivity contribution in [3.05, 3.63) is 42.9 Å². The van der Waals surface area contributed by atoms with E-state index in [4.69, 9.17) is 9.47 Å². The Bertz CT molecular complexity index is 782. The summed E-state index contributed by atoms with van der Waals surface area (Å²) in [4.78, 5) is 10.1. The molecule has 3 aromatic rings. The lowest BCUT2D eigenvalue weighted by atomic mass is 10.2. The van der Waals surface area contributed by atoms with E-state index >= 15 is 0 Å². The number of nitrogens with zero attached hydrogens (tertiary/aromatic N) is 3. The van der Waals surface area contributed by atoms with Gasteiger partial charge in [0.1, 0.15) is 10.8 Å². The van der Waals surface area contributed by atoms with Crippen LogP contribution in [0.25, 0.3) is 21.3 Å². The molecular weight excluding hydrogens is 310 g/mol. The van der Waals surface area contributed by atoms with Gasteiger partial charge in [-0.15, -0.1) is 11.3 Å². The van der Waals surface area contributed by atoms with Crippen molar-refractivity contribution >= 4 is 11.3 Å². The topological polar surface area (TPSA) is 49.2 Å². The number of hydrogen-bond donors (Lipinski definition) is 0. The standard InChI is InChI=1S/C17H19N3O2S/c1-12(11-21-2)20-8-7-18-16(20)15-10-19-17(23-15)13-5-4-6-14(9-13)22-3/h4-10,12H,11H2,1-3H3. The second-order valence-corrected chi connectivity index (χ2v) is 6.25. The van der Waals surface area contributed by atoms with Crippen LogP contribution in [0, 0.1) is 0 Å². The number of thiazole rings is 1. The van der Waals surface area contributed by atoms with Gasteiger partial charge in [0.25, 0.3) is 0 Å². The lowest BCUT2D eigenvalue weighted by Gasteiger charge is -2.14. The Morgan fingerprint density at radius 3 is 2.91 bits per heavy atom. The van der Waals surface area contributed by atoms with Crippen molar-refractivity contribution in [2.75, 3.05) is 20.8 Å². The fraction of sp³-hybridized carbons (Fsp3) is 0.294. The summed E-state index contributed by atoms with van der Waals surface area (Å²) in [5.41, 5.74) is 1.05. The molecule has 0 aliphatic heterocycles. The van der Waals surface area contributed by atoms with Crippen LogP contribution in [0.1, 0.15) is 13.0 Å². The average molecular weight is 329 g/mol. The minimum absolute atomic E-state index is 0.222. The maximum Gasteiger partial charge on any atom is 0.151 e. The zero-order chi connectivity index (χ0) is 16.2. The Hall–Kier alpha value is -2.18. The van der Waals surface area contributed by atoms with Crippen molar-refractivity contribution in [3.8, 4) is 27.0 Å². The highest BCUT2D eigenvalue weighted by Crippen LogP contribution is 2.33. The second kappa shape index (κ2) is 6.93. The molecule has 6 heteroatoms. The van der Waals surface area contributed by atoms with Crippen LogP contribution in [0.15, 0.2) is 42.9 Å². The van der Waals surface area contributed by atoms with E-state index in [-0.39, 0.29) is 6.04 Å². The molecule has 0 aliphatic carbocycles. The highest BCUT2D eigenvalue weighted by Gasteiger charge is 2.15. The summed E-state index contributed by atoms with van der Waals surface area (Å²) >= 11 is 1.62. The van der Waals surface area contributed by atoms with Gasteiger partial charge in [-0.3, -0.25) is 0 Å². The second-order valence-electron chi connectivity index (χ2n) is 5.22. The maximum absolute atomic E-state index is 5.28. The first-order valence-electron chi connectivity index (χ1n) is 7.35. The van der Waals surface area contributed by atoms with Crippen molar-refractivity contribution in [1.82, 2.24) is 14.5 Å². The number of imidazole rings is 1. The molecule has 2 heterocycles. The van der Waals surface area contributed by atoms with Gasteiger partial charge in [0.15, 0.2) is 5.82 Å². The third kappa shape index (κ3) is 3.28. The zero-order valence-corrected chi connectivity index (χ0v) is 14.2. The van der Waals surface area contributed by atoms with E-state index in [9.17, 15) is 0 Å². The van der Waals surface area contributed by atoms with Crippen LogP contribution in [0.5, 0.6) is 5.75 Å². The summed E-state index contributed by atoms with van der Waals surface area (Å²) in [6, 6.07) is 8.14. The van der Waals surface area contributed by atoms with Gasteiger partial charge in [0.05, 0.1) is 24.6 Å². The molecule has 3 rings (SSSR count). The Morgan fingerprint density at radius 1 is 1.26 bits per heavy atom. The summed E-state index contributed by atoms with van der Waals surface area (Å²) in [7, 11) is 3.38. The smallest absolute Gasteiger partial charge is 0.151 e. The molecule has 0 spiro atoms. The van der Waals surface area contributed by atoms with Gasteiger partial charge in [0.2, 0.25) is 0 Å². The number of benzene rings is 1. The molecule has 0 bridgehead atoms. The molecule has 0 amide bonds. The molecule has 1 unspecified atom stereocenters. The van der Waals surface area contributed by atoms with Crippen LogP contribution in [-0.2, 0) is 4.74 Å². The van der Waals surface area contributed by atoms with Gasteiger partial charge in [-0.25, -0.2) is 9.97 Å². The number of rotatable bonds is 6. The van der Waals surface area contributed by atoms with Crippen molar-refractivity contribution < 1.29 is 9.47 Å². The van der Waals surface area contributed by atoms with Crippen molar-refractivity contribution in [2.45, 2.75) is 13.0 Å². The Morgan fingerprint density at radius 2 is 2.13 bits per heavy atom. The number of aromatic nitrogens is 3. The van der Waals surface area contributed by atoms with Crippen LogP contribution in [0.2, 0.25) is 0 Å². The fourth-order valence-corrected chi connectivity index (χ4v) is 3.36. The van der Waals surface area contributed by atoms with Crippen molar-refractivity contribution in [1.29, 1.82) is 0 Å². The van der Waals surface area contributed by atoms with Crippen LogP contribution in [0.3, 0.4) is 0 Å². The molecule has 0 aliphatic rings. The summed E-state index contributed by atoms with van der Waals surface area (Å²) in [6.07, 6.45) is 5.66. The molecule has 0 N–H and O–H groups in total. The summed E-state index contributed by atoms with van der Waals surface area (Å²) in [6.45, 7) is 2.75. The van der Waals surface area contributed by atoms with Crippen LogP contribution < -0.4 is 4.74 Å². The Kier molecular flexibility index (Phi) is 4.73. The minimum atomic E-state index is 0.222. The predicted molar refractivity (Wildman–Crippen MR) is 91.9 cm³/mol. The molecule has 0 saturated heterocycles. The van der Waals surface area contributed by atoms with Crippen LogP contribution in [0.4, 0.5) is 0 Å². The zero-order valence-electron chi connectivity index (χ0n) is 13.4. The first-order chi connectivity index (χ1) is 11.2. The van der Waals surface area contributed by atoms with Crippen molar-refractivity contribution in [3.63, 3.8) is 0 Å². The van der Waals surface area contributed by atoms with E-state index in [1.165, 1.54) is 0 Å². The first-order valence-corrected chi connectivity index (χ1v) is 8.17. The van der Waals surface area contributed by atoms with Gasteiger partial charge >= 0.3 is 0 Å². The first kappa shape index (κ1) is 15.7. The summed E-state index contributed by atoms with van der Waals surface area (Å²) < 4.78 is 12.6. The van der Waals surface area contributed by atoms with E-state index in [2.05, 4.69) is 21.5 Å². The molecule has 5 nitrogen and oxygen atoms in total. The van der Waals surface area contributed by atoms with E-state index < -0.39 is 0 Å². The van der Waals surface area contributed by atoms with E-state index in [0.29, 0.717) is 6.61 Å². The molecule has 0 saturated carbocycles. The molecule has 120 valence electrons. The van der Waals surface area contributed by atoms with Gasteiger partial charge in [-0.1, -0.05) is 12.1 Å². The Balaban J connectivity index is 1.92. The molecule has 0 radical (unpaired) electrons. The van der Waals surface area contributed by atoms with Gasteiger partial charge in [-0.05, 0) is 19.1 Å². The molecule has 0 fully saturated rings. The monoisotopic (exact) mass is 329 g/mol. The average Bonchev–Trinajstić information content (AvgIpc) is 3.24. The third-order valence-electron chi connectivity index (χ3n) is 3.59. The summed E-state index contributed by atoms with van der Waals surface area (Å²) in [5, 5.41) is 0.952. The lowest BCUT2D eigenvalue weighted by Crippen LogP contribution is -2.11. The van der Waals surface area contributed by atoms with Crippen LogP contribution >= 0.6 is 11.3 Å². The third-order valence-corrected chi connectivity index (χ3v) is 4.64. The lowest BCUT2D eigenvalue weighted by molar-refractivity contribution is 0.163. The SMILES string of the molecule is COCC(C)n1ccnc1-c1cnc(-c2cccc(OC)c2)s1.